The third-order valence-electron chi connectivity index (χ3n) is 6.75. The molecule has 0 spiro atoms. The van der Waals surface area contributed by atoms with E-state index in [-0.39, 0.29) is 0 Å². The molecule has 0 amide bonds. The lowest BCUT2D eigenvalue weighted by Crippen LogP contribution is -2.47. The van der Waals surface area contributed by atoms with Crippen LogP contribution in [-0.4, -0.2) is 39.7 Å². The quantitative estimate of drug-likeness (QED) is 0.745. The van der Waals surface area contributed by atoms with Crippen molar-refractivity contribution in [2.24, 2.45) is 0 Å². The third-order valence-corrected chi connectivity index (χ3v) is 6.75. The van der Waals surface area contributed by atoms with E-state index < -0.39 is 0 Å². The molecule has 3 aliphatic heterocycles. The standard InChI is InChI=1S/C23H25N5O/c1-27(19-11-16-2-3-17(12-19)25-16)22-7-6-21-20-5-4-18(28-9-8-24-14-28)10-15(20)13-29-23(21)26-22/h4-10,14,16-17,19,25H,2-3,11-13H2,1H3. The van der Waals surface area contributed by atoms with E-state index >= 15 is 0 Å². The number of piperidine rings is 1. The Morgan fingerprint density at radius 2 is 1.93 bits per heavy atom. The first-order valence-corrected chi connectivity index (χ1v) is 10.5. The van der Waals surface area contributed by atoms with Gasteiger partial charge in [0.25, 0.3) is 0 Å². The van der Waals surface area contributed by atoms with Gasteiger partial charge in [0, 0.05) is 48.8 Å². The summed E-state index contributed by atoms with van der Waals surface area (Å²) in [6.07, 6.45) is 10.6. The molecule has 0 aliphatic carbocycles. The van der Waals surface area contributed by atoms with Gasteiger partial charge in [0.2, 0.25) is 5.88 Å². The Morgan fingerprint density at radius 3 is 2.72 bits per heavy atom. The lowest BCUT2D eigenvalue weighted by molar-refractivity contribution is 0.289. The second-order valence-electron chi connectivity index (χ2n) is 8.50. The molecule has 2 unspecified atom stereocenters. The van der Waals surface area contributed by atoms with Gasteiger partial charge in [-0.1, -0.05) is 6.07 Å². The zero-order valence-corrected chi connectivity index (χ0v) is 16.6. The van der Waals surface area contributed by atoms with Crippen molar-refractivity contribution in [3.8, 4) is 22.7 Å². The van der Waals surface area contributed by atoms with Crippen molar-refractivity contribution in [2.75, 3.05) is 11.9 Å². The maximum Gasteiger partial charge on any atom is 0.223 e. The first kappa shape index (κ1) is 17.0. The molecule has 2 aromatic heterocycles. The monoisotopic (exact) mass is 387 g/mol. The van der Waals surface area contributed by atoms with E-state index in [1.54, 1.807) is 6.20 Å². The number of hydrogen-bond acceptors (Lipinski definition) is 5. The zero-order chi connectivity index (χ0) is 19.4. The van der Waals surface area contributed by atoms with E-state index in [1.165, 1.54) is 36.8 Å². The number of nitrogens with zero attached hydrogens (tertiary/aromatic N) is 4. The second-order valence-corrected chi connectivity index (χ2v) is 8.50. The Hall–Kier alpha value is -2.86. The summed E-state index contributed by atoms with van der Waals surface area (Å²) >= 11 is 0. The van der Waals surface area contributed by atoms with Crippen LogP contribution in [0.1, 0.15) is 31.2 Å². The van der Waals surface area contributed by atoms with Gasteiger partial charge in [-0.2, -0.15) is 4.98 Å². The number of hydrogen-bond donors (Lipinski definition) is 1. The largest absolute Gasteiger partial charge is 0.472 e. The van der Waals surface area contributed by atoms with Gasteiger partial charge in [0.15, 0.2) is 0 Å². The number of rotatable bonds is 3. The predicted octanol–water partition coefficient (Wildman–Crippen LogP) is 3.55. The van der Waals surface area contributed by atoms with Crippen LogP contribution in [0, 0.1) is 0 Å². The van der Waals surface area contributed by atoms with Crippen LogP contribution in [-0.2, 0) is 6.61 Å². The average molecular weight is 387 g/mol. The minimum absolute atomic E-state index is 0.544. The normalized spacial score (nSPS) is 24.5. The summed E-state index contributed by atoms with van der Waals surface area (Å²) in [6.45, 7) is 0.544. The minimum Gasteiger partial charge on any atom is -0.472 e. The number of anilines is 1. The average Bonchev–Trinajstić information content (AvgIpc) is 3.42. The second kappa shape index (κ2) is 6.59. The number of ether oxygens (including phenoxy) is 1. The smallest absolute Gasteiger partial charge is 0.223 e. The molecule has 6 rings (SSSR count). The minimum atomic E-state index is 0.544. The van der Waals surface area contributed by atoms with Gasteiger partial charge in [0.1, 0.15) is 12.4 Å². The number of pyridine rings is 1. The number of imidazole rings is 1. The summed E-state index contributed by atoms with van der Waals surface area (Å²) in [7, 11) is 2.18. The maximum absolute atomic E-state index is 6.08. The molecule has 0 radical (unpaired) electrons. The van der Waals surface area contributed by atoms with E-state index in [0.29, 0.717) is 24.7 Å². The maximum atomic E-state index is 6.08. The Morgan fingerprint density at radius 1 is 1.10 bits per heavy atom. The van der Waals surface area contributed by atoms with E-state index in [4.69, 9.17) is 9.72 Å². The number of fused-ring (bicyclic) bond motifs is 5. The van der Waals surface area contributed by atoms with Gasteiger partial charge in [-0.3, -0.25) is 0 Å². The van der Waals surface area contributed by atoms with Crippen LogP contribution in [0.5, 0.6) is 5.88 Å². The number of nitrogens with one attached hydrogen (secondary N) is 1. The first-order valence-electron chi connectivity index (χ1n) is 10.5. The molecule has 29 heavy (non-hydrogen) atoms. The molecular formula is C23H25N5O. The van der Waals surface area contributed by atoms with Crippen molar-refractivity contribution in [1.29, 1.82) is 0 Å². The summed E-state index contributed by atoms with van der Waals surface area (Å²) in [6, 6.07) is 12.7. The number of benzene rings is 1. The first-order chi connectivity index (χ1) is 14.2. The van der Waals surface area contributed by atoms with Crippen molar-refractivity contribution in [3.05, 3.63) is 54.6 Å². The zero-order valence-electron chi connectivity index (χ0n) is 16.6. The van der Waals surface area contributed by atoms with Crippen molar-refractivity contribution >= 4 is 5.82 Å². The molecule has 0 saturated carbocycles. The highest BCUT2D eigenvalue weighted by molar-refractivity contribution is 5.75. The molecule has 2 fully saturated rings. The van der Waals surface area contributed by atoms with Crippen LogP contribution in [0.25, 0.3) is 16.8 Å². The lowest BCUT2D eigenvalue weighted by atomic mass is 9.97. The number of aromatic nitrogens is 3. The van der Waals surface area contributed by atoms with Crippen molar-refractivity contribution in [2.45, 2.75) is 50.4 Å². The molecule has 3 aromatic rings. The molecule has 6 nitrogen and oxygen atoms in total. The van der Waals surface area contributed by atoms with Crippen LogP contribution < -0.4 is 15.0 Å². The molecule has 2 atom stereocenters. The Labute approximate surface area is 170 Å². The van der Waals surface area contributed by atoms with Gasteiger partial charge in [-0.05, 0) is 61.1 Å². The van der Waals surface area contributed by atoms with Gasteiger partial charge in [-0.15, -0.1) is 0 Å². The van der Waals surface area contributed by atoms with Crippen molar-refractivity contribution in [1.82, 2.24) is 19.9 Å². The highest BCUT2D eigenvalue weighted by Gasteiger charge is 2.35. The van der Waals surface area contributed by atoms with Gasteiger partial charge in [0.05, 0.1) is 6.33 Å². The predicted molar refractivity (Wildman–Crippen MR) is 112 cm³/mol. The summed E-state index contributed by atoms with van der Waals surface area (Å²) in [5.74, 6) is 1.75. The molecule has 6 heteroatoms. The Balaban J connectivity index is 1.29. The third kappa shape index (κ3) is 2.90. The fraction of sp³-hybridized carbons (Fsp3) is 0.391. The molecule has 1 aromatic carbocycles. The van der Waals surface area contributed by atoms with Crippen LogP contribution in [0.3, 0.4) is 0 Å². The molecular weight excluding hydrogens is 362 g/mol. The molecule has 2 bridgehead atoms. The fourth-order valence-electron chi connectivity index (χ4n) is 5.15. The van der Waals surface area contributed by atoms with Crippen LogP contribution in [0.15, 0.2) is 49.1 Å². The molecule has 3 aliphatic rings. The van der Waals surface area contributed by atoms with Crippen LogP contribution in [0.2, 0.25) is 0 Å². The van der Waals surface area contributed by atoms with E-state index in [0.717, 1.165) is 22.9 Å². The molecule has 1 N–H and O–H groups in total. The fourth-order valence-corrected chi connectivity index (χ4v) is 5.15. The highest BCUT2D eigenvalue weighted by Crippen LogP contribution is 2.39. The van der Waals surface area contributed by atoms with Crippen molar-refractivity contribution < 1.29 is 4.74 Å². The van der Waals surface area contributed by atoms with Crippen LogP contribution in [0.4, 0.5) is 5.82 Å². The molecule has 148 valence electrons. The topological polar surface area (TPSA) is 55.2 Å². The Kier molecular flexibility index (Phi) is 3.87. The van der Waals surface area contributed by atoms with E-state index in [9.17, 15) is 0 Å². The summed E-state index contributed by atoms with van der Waals surface area (Å²) < 4.78 is 8.09. The summed E-state index contributed by atoms with van der Waals surface area (Å²) in [5.41, 5.74) is 4.56. The van der Waals surface area contributed by atoms with Crippen LogP contribution >= 0.6 is 0 Å². The van der Waals surface area contributed by atoms with Crippen molar-refractivity contribution in [3.63, 3.8) is 0 Å². The van der Waals surface area contributed by atoms with E-state index in [1.807, 2.05) is 17.1 Å². The Bertz CT molecular complexity index is 1040. The SMILES string of the molecule is CN(c1ccc2c(n1)OCc1cc(-n3ccnc3)ccc1-2)C1CC2CCC(C1)N2. The van der Waals surface area contributed by atoms with Gasteiger partial charge < -0.3 is 19.5 Å². The summed E-state index contributed by atoms with van der Waals surface area (Å²) in [5, 5.41) is 3.72. The van der Waals surface area contributed by atoms with E-state index in [2.05, 4.69) is 52.6 Å². The van der Waals surface area contributed by atoms with Gasteiger partial charge >= 0.3 is 0 Å². The highest BCUT2D eigenvalue weighted by atomic mass is 16.5. The van der Waals surface area contributed by atoms with Gasteiger partial charge in [-0.25, -0.2) is 4.98 Å². The summed E-state index contributed by atoms with van der Waals surface area (Å²) in [4.78, 5) is 11.4. The molecule has 2 saturated heterocycles. The lowest BCUT2D eigenvalue weighted by Gasteiger charge is -2.36. The molecule has 5 heterocycles.